The molecule has 19 nitrogen and oxygen atoms in total. The number of carbonyl (C=O) groups excluding carboxylic acids is 1. The Morgan fingerprint density at radius 2 is 0.914 bits per heavy atom. The van der Waals surface area contributed by atoms with Gasteiger partial charge in [-0.15, -0.1) is 0 Å². The van der Waals surface area contributed by atoms with Gasteiger partial charge in [-0.3, -0.25) is 4.79 Å². The molecule has 0 aliphatic carbocycles. The fourth-order valence-corrected chi connectivity index (χ4v) is 8.75. The molecule has 17 atom stereocenters. The van der Waals surface area contributed by atoms with E-state index in [-0.39, 0.29) is 18.9 Å². The normalized spacial score (nSPS) is 32.8. The van der Waals surface area contributed by atoms with Crippen LogP contribution < -0.4 is 5.32 Å². The number of aliphatic hydroxyl groups excluding tert-OH is 11. The minimum atomic E-state index is -1.98. The van der Waals surface area contributed by atoms with Crippen molar-refractivity contribution in [3.05, 3.63) is 36.5 Å². The second kappa shape index (κ2) is 36.0. The number of unbranched alkanes of at least 4 members (excludes halogenated alkanes) is 16. The van der Waals surface area contributed by atoms with Gasteiger partial charge >= 0.3 is 0 Å². The van der Waals surface area contributed by atoms with Gasteiger partial charge in [-0.05, 0) is 44.9 Å². The van der Waals surface area contributed by atoms with Crippen molar-refractivity contribution in [2.75, 3.05) is 26.4 Å². The van der Waals surface area contributed by atoms with Crippen molar-refractivity contribution in [1.29, 1.82) is 0 Å². The first-order valence-electron chi connectivity index (χ1n) is 26.2. The summed E-state index contributed by atoms with van der Waals surface area (Å²) in [5.74, 6) is -0.302. The lowest BCUT2D eigenvalue weighted by atomic mass is 9.96. The molecule has 0 aromatic rings. The highest BCUT2D eigenvalue weighted by Gasteiger charge is 2.53. The number of nitrogens with one attached hydrogen (secondary N) is 1. The first-order valence-corrected chi connectivity index (χ1v) is 26.2. The summed E-state index contributed by atoms with van der Waals surface area (Å²) >= 11 is 0. The van der Waals surface area contributed by atoms with E-state index in [0.29, 0.717) is 12.8 Å². The number of ether oxygens (including phenoxy) is 6. The number of allylic oxidation sites excluding steroid dienone is 5. The van der Waals surface area contributed by atoms with Gasteiger partial charge in [-0.25, -0.2) is 0 Å². The van der Waals surface area contributed by atoms with Crippen molar-refractivity contribution in [3.8, 4) is 0 Å². The Morgan fingerprint density at radius 3 is 1.43 bits per heavy atom. The molecule has 0 bridgehead atoms. The Labute approximate surface area is 415 Å². The summed E-state index contributed by atoms with van der Waals surface area (Å²) in [6.07, 6.45) is 7.69. The van der Waals surface area contributed by atoms with Crippen molar-refractivity contribution in [3.63, 3.8) is 0 Å². The van der Waals surface area contributed by atoms with Crippen molar-refractivity contribution in [1.82, 2.24) is 5.32 Å². The van der Waals surface area contributed by atoms with Gasteiger partial charge in [0.2, 0.25) is 5.91 Å². The maximum atomic E-state index is 13.1. The molecule has 0 radical (unpaired) electrons. The Balaban J connectivity index is 1.53. The van der Waals surface area contributed by atoms with Gasteiger partial charge in [0.1, 0.15) is 73.2 Å². The summed E-state index contributed by atoms with van der Waals surface area (Å²) < 4.78 is 34.0. The number of aliphatic hydroxyl groups is 11. The molecule has 3 aliphatic rings. The highest BCUT2D eigenvalue weighted by atomic mass is 16.8. The van der Waals surface area contributed by atoms with Crippen LogP contribution in [0, 0.1) is 0 Å². The number of amides is 1. The zero-order valence-corrected chi connectivity index (χ0v) is 41.7. The number of rotatable bonds is 36. The van der Waals surface area contributed by atoms with Crippen LogP contribution in [0.15, 0.2) is 36.5 Å². The van der Waals surface area contributed by atoms with Crippen LogP contribution in [-0.2, 0) is 33.2 Å². The summed E-state index contributed by atoms with van der Waals surface area (Å²) in [5.41, 5.74) is 0. The van der Waals surface area contributed by atoms with E-state index < -0.39 is 124 Å². The molecule has 0 saturated carbocycles. The van der Waals surface area contributed by atoms with Gasteiger partial charge in [-0.1, -0.05) is 134 Å². The summed E-state index contributed by atoms with van der Waals surface area (Å²) in [5, 5.41) is 119. The predicted octanol–water partition coefficient (Wildman–Crippen LogP) is 2.20. The Kier molecular flexibility index (Phi) is 32.1. The Hall–Kier alpha value is -1.99. The third-order valence-corrected chi connectivity index (χ3v) is 13.2. The fourth-order valence-electron chi connectivity index (χ4n) is 8.75. The lowest BCUT2D eigenvalue weighted by Gasteiger charge is -2.48. The van der Waals surface area contributed by atoms with Gasteiger partial charge < -0.3 is 89.9 Å². The van der Waals surface area contributed by atoms with E-state index in [9.17, 15) is 61.0 Å². The van der Waals surface area contributed by atoms with Gasteiger partial charge in [0.25, 0.3) is 0 Å². The van der Waals surface area contributed by atoms with E-state index in [1.165, 1.54) is 57.8 Å². The molecule has 19 heteroatoms. The van der Waals surface area contributed by atoms with Crippen LogP contribution in [0.3, 0.4) is 0 Å². The summed E-state index contributed by atoms with van der Waals surface area (Å²) in [6, 6.07) is -0.989. The van der Waals surface area contributed by atoms with Crippen LogP contribution in [0.25, 0.3) is 0 Å². The molecule has 12 N–H and O–H groups in total. The Bertz CT molecular complexity index is 1440. The SMILES string of the molecule is CCCCCCCCCCC/C=C/CC/C=C/CC/C=C/C(O)C(COC1OC(CO)C(OC2OC(CO)C(OC3OC(CO)C(O)C(O)C3O)C(O)C2O)C(O)C1O)NC(=O)CCCCCCCC. The van der Waals surface area contributed by atoms with Crippen molar-refractivity contribution >= 4 is 5.91 Å². The monoisotopic (exact) mass is 1010 g/mol. The average Bonchev–Trinajstić information content (AvgIpc) is 3.35. The molecule has 3 rings (SSSR count). The number of carbonyl (C=O) groups is 1. The molecule has 0 spiro atoms. The van der Waals surface area contributed by atoms with Gasteiger partial charge in [0.05, 0.1) is 38.6 Å². The quantitative estimate of drug-likeness (QED) is 0.0316. The minimum Gasteiger partial charge on any atom is -0.394 e. The van der Waals surface area contributed by atoms with Gasteiger partial charge in [0, 0.05) is 6.42 Å². The first kappa shape index (κ1) is 62.3. The summed E-state index contributed by atoms with van der Waals surface area (Å²) in [6.45, 7) is 1.57. The molecule has 17 unspecified atom stereocenters. The zero-order valence-electron chi connectivity index (χ0n) is 41.7. The molecule has 70 heavy (non-hydrogen) atoms. The van der Waals surface area contributed by atoms with Crippen molar-refractivity contribution in [2.24, 2.45) is 0 Å². The first-order chi connectivity index (χ1) is 33.8. The predicted molar refractivity (Wildman–Crippen MR) is 259 cm³/mol. The number of hydrogen-bond acceptors (Lipinski definition) is 18. The number of hydrogen-bond donors (Lipinski definition) is 12. The lowest BCUT2D eigenvalue weighted by molar-refractivity contribution is -0.379. The molecule has 0 aromatic heterocycles. The van der Waals surface area contributed by atoms with Crippen LogP contribution in [0.4, 0.5) is 0 Å². The van der Waals surface area contributed by atoms with Crippen LogP contribution >= 0.6 is 0 Å². The third-order valence-electron chi connectivity index (χ3n) is 13.2. The smallest absolute Gasteiger partial charge is 0.220 e. The molecule has 408 valence electrons. The van der Waals surface area contributed by atoms with E-state index in [2.05, 4.69) is 43.5 Å². The van der Waals surface area contributed by atoms with E-state index in [0.717, 1.165) is 57.8 Å². The van der Waals surface area contributed by atoms with Crippen LogP contribution in [0.5, 0.6) is 0 Å². The van der Waals surface area contributed by atoms with Crippen molar-refractivity contribution in [2.45, 2.75) is 253 Å². The van der Waals surface area contributed by atoms with Crippen LogP contribution in [0.2, 0.25) is 0 Å². The maximum Gasteiger partial charge on any atom is 0.220 e. The van der Waals surface area contributed by atoms with Crippen LogP contribution in [0.1, 0.15) is 149 Å². The largest absolute Gasteiger partial charge is 0.394 e. The fraction of sp³-hybridized carbons (Fsp3) is 0.863. The van der Waals surface area contributed by atoms with E-state index in [1.807, 2.05) is 6.08 Å². The van der Waals surface area contributed by atoms with Crippen molar-refractivity contribution < 1.29 is 89.4 Å². The summed E-state index contributed by atoms with van der Waals surface area (Å²) in [7, 11) is 0. The highest BCUT2D eigenvalue weighted by molar-refractivity contribution is 5.76. The highest BCUT2D eigenvalue weighted by Crippen LogP contribution is 2.33. The second-order valence-corrected chi connectivity index (χ2v) is 19.0. The molecule has 3 aliphatic heterocycles. The third kappa shape index (κ3) is 21.5. The average molecular weight is 1010 g/mol. The zero-order chi connectivity index (χ0) is 51.3. The lowest BCUT2D eigenvalue weighted by Crippen LogP contribution is -2.66. The molecule has 3 fully saturated rings. The topological polar surface area (TPSA) is 307 Å². The van der Waals surface area contributed by atoms with Gasteiger partial charge in [-0.2, -0.15) is 0 Å². The molecule has 1 amide bonds. The van der Waals surface area contributed by atoms with Crippen LogP contribution in [-0.4, -0.2) is 193 Å². The Morgan fingerprint density at radius 1 is 0.500 bits per heavy atom. The minimum absolute atomic E-state index is 0.229. The van der Waals surface area contributed by atoms with E-state index in [4.69, 9.17) is 28.4 Å². The molecule has 3 heterocycles. The molecular weight excluding hydrogens is 915 g/mol. The standard InChI is InChI=1S/C51H91NO18/c1-3-5-7-9-11-12-13-14-15-16-17-18-19-20-21-22-23-24-26-28-35(56)34(52-39(57)29-27-25-10-8-6-4-2)33-65-49-45(63)42(60)47(37(31-54)67-49)70-51-46(64)43(61)48(38(32-55)68-51)69-50-44(62)41(59)40(58)36(30-53)66-50/h17-18,21-22,26,28,34-38,40-51,53-56,58-64H,3-16,19-20,23-25,27,29-33H2,1-2H3,(H,52,57)/b18-17+,22-21+,28-26+. The second-order valence-electron chi connectivity index (χ2n) is 19.0. The van der Waals surface area contributed by atoms with E-state index >= 15 is 0 Å². The summed E-state index contributed by atoms with van der Waals surface area (Å²) in [4.78, 5) is 13.1. The molecular formula is C51H91NO18. The molecule has 3 saturated heterocycles. The van der Waals surface area contributed by atoms with E-state index in [1.54, 1.807) is 6.08 Å². The molecule has 0 aromatic carbocycles. The maximum absolute atomic E-state index is 13.1. The van der Waals surface area contributed by atoms with Gasteiger partial charge in [0.15, 0.2) is 18.9 Å².